The zero-order chi connectivity index (χ0) is 17.3. The normalized spacial score (nSPS) is 16.6. The van der Waals surface area contributed by atoms with Gasteiger partial charge in [0.25, 0.3) is 0 Å². The Morgan fingerprint density at radius 2 is 1.92 bits per heavy atom. The van der Waals surface area contributed by atoms with Crippen molar-refractivity contribution in [2.45, 2.75) is 38.8 Å². The smallest absolute Gasteiger partial charge is 0.335 e. The highest BCUT2D eigenvalue weighted by atomic mass is 16.4. The van der Waals surface area contributed by atoms with E-state index >= 15 is 0 Å². The second kappa shape index (κ2) is 6.65. The predicted molar refractivity (Wildman–Crippen MR) is 92.6 cm³/mol. The van der Waals surface area contributed by atoms with Crippen LogP contribution in [-0.4, -0.2) is 51.7 Å². The number of hydrogen-bond acceptors (Lipinski definition) is 3. The molecule has 0 bridgehead atoms. The largest absolute Gasteiger partial charge is 0.478 e. The highest BCUT2D eigenvalue weighted by Crippen LogP contribution is 2.19. The van der Waals surface area contributed by atoms with Gasteiger partial charge in [-0.3, -0.25) is 4.57 Å². The quantitative estimate of drug-likeness (QED) is 0.908. The Kier molecular flexibility index (Phi) is 4.57. The summed E-state index contributed by atoms with van der Waals surface area (Å²) in [7, 11) is 0. The molecule has 2 heterocycles. The number of benzene rings is 1. The molecule has 2 N–H and O–H groups in total. The first-order valence-corrected chi connectivity index (χ1v) is 8.35. The molecule has 1 aliphatic rings. The van der Waals surface area contributed by atoms with Crippen LogP contribution >= 0.6 is 0 Å². The maximum atomic E-state index is 12.5. The molecule has 1 amide bonds. The Bertz CT molecular complexity index is 758. The molecule has 0 unspecified atom stereocenters. The summed E-state index contributed by atoms with van der Waals surface area (Å²) in [6.45, 7) is 6.38. The molecule has 1 aromatic heterocycles. The predicted octanol–water partition coefficient (Wildman–Crippen LogP) is 2.77. The Hall–Kier alpha value is -2.34. The van der Waals surface area contributed by atoms with Gasteiger partial charge in [0, 0.05) is 36.8 Å². The number of piperidine rings is 1. The van der Waals surface area contributed by atoms with Crippen molar-refractivity contribution in [1.82, 2.24) is 14.8 Å². The number of carboxylic acid groups (broad SMARTS) is 1. The molecule has 0 radical (unpaired) electrons. The number of aromatic carboxylic acids is 1. The number of carboxylic acids is 1. The van der Waals surface area contributed by atoms with Gasteiger partial charge in [-0.05, 0) is 51.0 Å². The molecule has 1 aromatic carbocycles. The summed E-state index contributed by atoms with van der Waals surface area (Å²) in [5.41, 5.74) is 0.943. The summed E-state index contributed by atoms with van der Waals surface area (Å²) in [5.74, 6) is -0.967. The molecule has 0 saturated carbocycles. The van der Waals surface area contributed by atoms with Gasteiger partial charge in [0.05, 0.1) is 11.1 Å². The van der Waals surface area contributed by atoms with Crippen LogP contribution in [0, 0.1) is 0 Å². The molecule has 0 spiro atoms. The van der Waals surface area contributed by atoms with E-state index in [0.717, 1.165) is 36.8 Å². The fourth-order valence-corrected chi connectivity index (χ4v) is 3.26. The molecule has 2 aromatic rings. The van der Waals surface area contributed by atoms with Crippen LogP contribution in [0.1, 0.15) is 37.0 Å². The lowest BCUT2D eigenvalue weighted by Gasteiger charge is -2.34. The van der Waals surface area contributed by atoms with Crippen molar-refractivity contribution in [2.24, 2.45) is 0 Å². The third-order valence-corrected chi connectivity index (χ3v) is 4.74. The van der Waals surface area contributed by atoms with E-state index in [1.807, 2.05) is 0 Å². The van der Waals surface area contributed by atoms with Crippen molar-refractivity contribution in [1.29, 1.82) is 0 Å². The van der Waals surface area contributed by atoms with Crippen LogP contribution < -0.4 is 5.32 Å². The number of nitrogens with one attached hydrogen (secondary N) is 1. The van der Waals surface area contributed by atoms with E-state index < -0.39 is 5.97 Å². The number of nitrogens with zero attached hydrogens (tertiary/aromatic N) is 2. The maximum absolute atomic E-state index is 12.5. The number of aromatic nitrogens is 1. The molecule has 0 atom stereocenters. The maximum Gasteiger partial charge on any atom is 0.335 e. The lowest BCUT2D eigenvalue weighted by Crippen LogP contribution is -2.47. The fourth-order valence-electron chi connectivity index (χ4n) is 3.26. The van der Waals surface area contributed by atoms with E-state index in [1.165, 1.54) is 6.07 Å². The van der Waals surface area contributed by atoms with Crippen molar-refractivity contribution >= 4 is 22.9 Å². The minimum Gasteiger partial charge on any atom is -0.478 e. The Morgan fingerprint density at radius 1 is 1.21 bits per heavy atom. The fraction of sp³-hybridized carbons (Fsp3) is 0.444. The third-order valence-electron chi connectivity index (χ3n) is 4.74. The third kappa shape index (κ3) is 3.28. The van der Waals surface area contributed by atoms with Crippen LogP contribution in [0.2, 0.25) is 0 Å². The van der Waals surface area contributed by atoms with Crippen LogP contribution in [0.25, 0.3) is 10.9 Å². The van der Waals surface area contributed by atoms with Crippen LogP contribution in [-0.2, 0) is 0 Å². The van der Waals surface area contributed by atoms with Gasteiger partial charge < -0.3 is 15.3 Å². The molecule has 1 fully saturated rings. The summed E-state index contributed by atoms with van der Waals surface area (Å²) >= 11 is 0. The van der Waals surface area contributed by atoms with Crippen molar-refractivity contribution in [2.75, 3.05) is 13.1 Å². The minimum absolute atomic E-state index is 0.156. The van der Waals surface area contributed by atoms with Crippen molar-refractivity contribution < 1.29 is 14.7 Å². The van der Waals surface area contributed by atoms with Crippen LogP contribution in [0.4, 0.5) is 4.79 Å². The Morgan fingerprint density at radius 3 is 2.54 bits per heavy atom. The van der Waals surface area contributed by atoms with Crippen LogP contribution in [0.5, 0.6) is 0 Å². The van der Waals surface area contributed by atoms with E-state index in [1.54, 1.807) is 29.0 Å². The van der Waals surface area contributed by atoms with Crippen molar-refractivity contribution in [3.63, 3.8) is 0 Å². The molecule has 24 heavy (non-hydrogen) atoms. The van der Waals surface area contributed by atoms with Crippen molar-refractivity contribution in [3.8, 4) is 0 Å². The minimum atomic E-state index is -0.967. The summed E-state index contributed by atoms with van der Waals surface area (Å²) in [4.78, 5) is 26.0. The Balaban J connectivity index is 1.70. The van der Waals surface area contributed by atoms with E-state index in [9.17, 15) is 9.59 Å². The second-order valence-electron chi connectivity index (χ2n) is 6.62. The van der Waals surface area contributed by atoms with E-state index in [2.05, 4.69) is 24.1 Å². The molecule has 1 saturated heterocycles. The van der Waals surface area contributed by atoms with E-state index in [0.29, 0.717) is 6.04 Å². The summed E-state index contributed by atoms with van der Waals surface area (Å²) in [5, 5.41) is 12.9. The summed E-state index contributed by atoms with van der Waals surface area (Å²) in [6.07, 6.45) is 3.59. The molecular weight excluding hydrogens is 306 g/mol. The molecule has 1 aliphatic heterocycles. The van der Waals surface area contributed by atoms with E-state index in [4.69, 9.17) is 5.11 Å². The van der Waals surface area contributed by atoms with Gasteiger partial charge in [-0.1, -0.05) is 0 Å². The van der Waals surface area contributed by atoms with Gasteiger partial charge in [-0.15, -0.1) is 0 Å². The average Bonchev–Trinajstić information content (AvgIpc) is 2.98. The van der Waals surface area contributed by atoms with Crippen LogP contribution in [0.15, 0.2) is 30.5 Å². The zero-order valence-corrected chi connectivity index (χ0v) is 14.0. The van der Waals surface area contributed by atoms with Gasteiger partial charge in [-0.2, -0.15) is 0 Å². The summed E-state index contributed by atoms with van der Waals surface area (Å²) in [6, 6.07) is 7.12. The van der Waals surface area contributed by atoms with Crippen LogP contribution in [0.3, 0.4) is 0 Å². The van der Waals surface area contributed by atoms with Gasteiger partial charge in [-0.25, -0.2) is 9.59 Å². The number of likely N-dealkylation sites (tertiary alicyclic amines) is 1. The van der Waals surface area contributed by atoms with Gasteiger partial charge >= 0.3 is 12.0 Å². The number of fused-ring (bicyclic) bond motifs is 1. The van der Waals surface area contributed by atoms with Gasteiger partial charge in [0.15, 0.2) is 0 Å². The number of carbonyl (C=O) groups is 2. The molecule has 0 aliphatic carbocycles. The highest BCUT2D eigenvalue weighted by molar-refractivity contribution is 5.97. The van der Waals surface area contributed by atoms with Gasteiger partial charge in [0.2, 0.25) is 0 Å². The SMILES string of the molecule is CC(C)N1CCC(NC(=O)n2ccc3cc(C(=O)O)ccc32)CC1. The van der Waals surface area contributed by atoms with E-state index in [-0.39, 0.29) is 17.6 Å². The average molecular weight is 329 g/mol. The molecule has 3 rings (SSSR count). The molecule has 128 valence electrons. The Labute approximate surface area is 141 Å². The summed E-state index contributed by atoms with van der Waals surface area (Å²) < 4.78 is 1.55. The number of amides is 1. The number of hydrogen-bond donors (Lipinski definition) is 2. The lowest BCUT2D eigenvalue weighted by molar-refractivity contribution is 0.0697. The first-order chi connectivity index (χ1) is 11.5. The number of rotatable bonds is 3. The first kappa shape index (κ1) is 16.5. The second-order valence-corrected chi connectivity index (χ2v) is 6.62. The lowest BCUT2D eigenvalue weighted by atomic mass is 10.0. The highest BCUT2D eigenvalue weighted by Gasteiger charge is 2.22. The number of carbonyl (C=O) groups excluding carboxylic acids is 1. The molecule has 6 heteroatoms. The monoisotopic (exact) mass is 329 g/mol. The van der Waals surface area contributed by atoms with Gasteiger partial charge in [0.1, 0.15) is 0 Å². The first-order valence-electron chi connectivity index (χ1n) is 8.35. The molecular formula is C18H23N3O3. The molecule has 6 nitrogen and oxygen atoms in total. The topological polar surface area (TPSA) is 74.6 Å². The zero-order valence-electron chi connectivity index (χ0n) is 14.0. The standard InChI is InChI=1S/C18H23N3O3/c1-12(2)20-8-6-15(7-9-20)19-18(24)21-10-5-13-11-14(17(22)23)3-4-16(13)21/h3-5,10-12,15H,6-9H2,1-2H3,(H,19,24)(H,22,23). The van der Waals surface area contributed by atoms with Crippen molar-refractivity contribution in [3.05, 3.63) is 36.0 Å².